The van der Waals surface area contributed by atoms with Gasteiger partial charge in [0, 0.05) is 50.0 Å². The summed E-state index contributed by atoms with van der Waals surface area (Å²) in [7, 11) is 0. The van der Waals surface area contributed by atoms with E-state index in [1.807, 2.05) is 23.1 Å². The maximum absolute atomic E-state index is 13.4. The molecule has 1 atom stereocenters. The zero-order valence-electron chi connectivity index (χ0n) is 22.0. The van der Waals surface area contributed by atoms with Crippen LogP contribution in [-0.2, 0) is 22.5 Å². The molecule has 6 rings (SSSR count). The lowest BCUT2D eigenvalue weighted by Crippen LogP contribution is -2.42. The summed E-state index contributed by atoms with van der Waals surface area (Å²) in [5.41, 5.74) is 5.41. The Hall–Kier alpha value is -3.49. The summed E-state index contributed by atoms with van der Waals surface area (Å²) in [6.45, 7) is 5.40. The smallest absolute Gasteiger partial charge is 0.254 e. The fourth-order valence-corrected chi connectivity index (χ4v) is 6.01. The van der Waals surface area contributed by atoms with Crippen LogP contribution in [0.1, 0.15) is 52.7 Å². The number of hydrogen-bond acceptors (Lipinski definition) is 6. The van der Waals surface area contributed by atoms with Crippen molar-refractivity contribution < 1.29 is 14.3 Å². The molecule has 1 fully saturated rings. The van der Waals surface area contributed by atoms with Gasteiger partial charge >= 0.3 is 0 Å². The average Bonchev–Trinajstić information content (AvgIpc) is 3.15. The summed E-state index contributed by atoms with van der Waals surface area (Å²) in [4.78, 5) is 39.3. The van der Waals surface area contributed by atoms with Crippen LogP contribution in [0.25, 0.3) is 11.3 Å². The SMILES string of the molecule is CC1CN(C(=O)CN2Cc3ccc(-c4nc(NC5CCOCC5)ncc4Cl)cc3C2=O)CCc2ccccc21. The van der Waals surface area contributed by atoms with Crippen molar-refractivity contribution in [3.05, 3.63) is 75.9 Å². The van der Waals surface area contributed by atoms with E-state index in [2.05, 4.69) is 46.5 Å². The normalized spacial score (nSPS) is 19.4. The third-order valence-corrected chi connectivity index (χ3v) is 8.25. The molecule has 39 heavy (non-hydrogen) atoms. The number of nitrogens with one attached hydrogen (secondary N) is 1. The second-order valence-corrected chi connectivity index (χ2v) is 11.1. The zero-order valence-corrected chi connectivity index (χ0v) is 22.8. The van der Waals surface area contributed by atoms with Crippen LogP contribution in [0, 0.1) is 0 Å². The highest BCUT2D eigenvalue weighted by Crippen LogP contribution is 2.32. The molecule has 3 aliphatic rings. The first-order chi connectivity index (χ1) is 19.0. The number of nitrogens with zero attached hydrogens (tertiary/aromatic N) is 4. The minimum absolute atomic E-state index is 0.0151. The van der Waals surface area contributed by atoms with Gasteiger partial charge in [0.1, 0.15) is 6.54 Å². The molecule has 3 aliphatic heterocycles. The molecule has 0 spiro atoms. The van der Waals surface area contributed by atoms with Gasteiger partial charge in [-0.2, -0.15) is 0 Å². The molecule has 0 saturated carbocycles. The lowest BCUT2D eigenvalue weighted by Gasteiger charge is -2.25. The largest absolute Gasteiger partial charge is 0.381 e. The topological polar surface area (TPSA) is 87.7 Å². The van der Waals surface area contributed by atoms with Gasteiger partial charge in [0.15, 0.2) is 0 Å². The van der Waals surface area contributed by atoms with Crippen molar-refractivity contribution in [1.29, 1.82) is 0 Å². The van der Waals surface area contributed by atoms with Crippen LogP contribution in [0.4, 0.5) is 5.95 Å². The summed E-state index contributed by atoms with van der Waals surface area (Å²) in [5.74, 6) is 0.607. The van der Waals surface area contributed by atoms with E-state index in [9.17, 15) is 9.59 Å². The standard InChI is InChI=1S/C30H32ClN5O3/c1-19-16-35(11-8-20-4-2-3-5-24(19)20)27(37)18-36-17-22-7-6-21(14-25(22)29(36)38)28-26(31)15-32-30(34-28)33-23-9-12-39-13-10-23/h2-7,14-15,19,23H,8-13,16-18H2,1H3,(H,32,33,34). The summed E-state index contributed by atoms with van der Waals surface area (Å²) in [6, 6.07) is 14.3. The number of carbonyl (C=O) groups is 2. The molecule has 0 bridgehead atoms. The average molecular weight is 546 g/mol. The van der Waals surface area contributed by atoms with Gasteiger partial charge in [-0.3, -0.25) is 9.59 Å². The monoisotopic (exact) mass is 545 g/mol. The van der Waals surface area contributed by atoms with Crippen LogP contribution in [0.2, 0.25) is 5.02 Å². The molecule has 2 aromatic carbocycles. The van der Waals surface area contributed by atoms with Crippen molar-refractivity contribution in [3.8, 4) is 11.3 Å². The summed E-state index contributed by atoms with van der Waals surface area (Å²) < 4.78 is 5.43. The summed E-state index contributed by atoms with van der Waals surface area (Å²) >= 11 is 6.48. The number of aromatic nitrogens is 2. The molecule has 0 radical (unpaired) electrons. The molecule has 1 aromatic heterocycles. The highest BCUT2D eigenvalue weighted by molar-refractivity contribution is 6.33. The molecule has 8 nitrogen and oxygen atoms in total. The van der Waals surface area contributed by atoms with Gasteiger partial charge in [0.25, 0.3) is 5.91 Å². The van der Waals surface area contributed by atoms with Gasteiger partial charge in [-0.25, -0.2) is 9.97 Å². The minimum Gasteiger partial charge on any atom is -0.381 e. The Labute approximate surface area is 233 Å². The molecule has 9 heteroatoms. The molecule has 2 amide bonds. The van der Waals surface area contributed by atoms with E-state index >= 15 is 0 Å². The van der Waals surface area contributed by atoms with Crippen molar-refractivity contribution in [2.24, 2.45) is 0 Å². The molecule has 1 unspecified atom stereocenters. The molecule has 1 N–H and O–H groups in total. The summed E-state index contributed by atoms with van der Waals surface area (Å²) in [6.07, 6.45) is 4.21. The van der Waals surface area contributed by atoms with E-state index in [1.165, 1.54) is 11.1 Å². The third kappa shape index (κ3) is 5.36. The molecular weight excluding hydrogens is 514 g/mol. The lowest BCUT2D eigenvalue weighted by atomic mass is 9.96. The number of hydrogen-bond donors (Lipinski definition) is 1. The van der Waals surface area contributed by atoms with Crippen LogP contribution in [0.3, 0.4) is 0 Å². The zero-order chi connectivity index (χ0) is 26.9. The van der Waals surface area contributed by atoms with Crippen molar-refractivity contribution in [1.82, 2.24) is 19.8 Å². The number of rotatable bonds is 5. The Bertz CT molecular complexity index is 1410. The summed E-state index contributed by atoms with van der Waals surface area (Å²) in [5, 5.41) is 3.79. The quantitative estimate of drug-likeness (QED) is 0.507. The highest BCUT2D eigenvalue weighted by Gasteiger charge is 2.32. The van der Waals surface area contributed by atoms with Gasteiger partial charge < -0.3 is 19.9 Å². The number of fused-ring (bicyclic) bond motifs is 2. The second kappa shape index (κ2) is 10.9. The molecule has 202 valence electrons. The fraction of sp³-hybridized carbons (Fsp3) is 0.400. The fourth-order valence-electron chi connectivity index (χ4n) is 5.81. The van der Waals surface area contributed by atoms with E-state index in [0.29, 0.717) is 55.1 Å². The van der Waals surface area contributed by atoms with Crippen LogP contribution >= 0.6 is 11.6 Å². The Balaban J connectivity index is 1.15. The minimum atomic E-state index is -0.142. The number of ether oxygens (including phenoxy) is 1. The first-order valence-electron chi connectivity index (χ1n) is 13.6. The van der Waals surface area contributed by atoms with Crippen LogP contribution in [0.15, 0.2) is 48.7 Å². The van der Waals surface area contributed by atoms with Crippen LogP contribution < -0.4 is 5.32 Å². The Morgan fingerprint density at radius 3 is 2.82 bits per heavy atom. The molecule has 1 saturated heterocycles. The molecule has 4 heterocycles. The Kier molecular flexibility index (Phi) is 7.23. The predicted molar refractivity (Wildman–Crippen MR) is 150 cm³/mol. The maximum atomic E-state index is 13.4. The van der Waals surface area contributed by atoms with Crippen LogP contribution in [-0.4, -0.2) is 70.5 Å². The van der Waals surface area contributed by atoms with Crippen molar-refractivity contribution in [3.63, 3.8) is 0 Å². The van der Waals surface area contributed by atoms with Gasteiger partial charge in [-0.1, -0.05) is 54.9 Å². The van der Waals surface area contributed by atoms with E-state index in [0.717, 1.165) is 30.4 Å². The predicted octanol–water partition coefficient (Wildman–Crippen LogP) is 4.53. The number of halogens is 1. The number of amides is 2. The van der Waals surface area contributed by atoms with Crippen LogP contribution in [0.5, 0.6) is 0 Å². The Morgan fingerprint density at radius 1 is 1.15 bits per heavy atom. The van der Waals surface area contributed by atoms with Gasteiger partial charge in [0.05, 0.1) is 16.9 Å². The molecule has 0 aliphatic carbocycles. The maximum Gasteiger partial charge on any atom is 0.254 e. The molecule has 3 aromatic rings. The number of carbonyl (C=O) groups excluding carboxylic acids is 2. The van der Waals surface area contributed by atoms with E-state index in [1.54, 1.807) is 11.1 Å². The highest BCUT2D eigenvalue weighted by atomic mass is 35.5. The van der Waals surface area contributed by atoms with E-state index in [4.69, 9.17) is 16.3 Å². The van der Waals surface area contributed by atoms with Gasteiger partial charge in [0.2, 0.25) is 11.9 Å². The number of benzene rings is 2. The van der Waals surface area contributed by atoms with Crippen molar-refractivity contribution in [2.45, 2.75) is 44.7 Å². The third-order valence-electron chi connectivity index (χ3n) is 7.97. The first-order valence-corrected chi connectivity index (χ1v) is 14.0. The lowest BCUT2D eigenvalue weighted by molar-refractivity contribution is -0.132. The second-order valence-electron chi connectivity index (χ2n) is 10.6. The van der Waals surface area contributed by atoms with E-state index < -0.39 is 0 Å². The van der Waals surface area contributed by atoms with Crippen molar-refractivity contribution in [2.75, 3.05) is 38.2 Å². The Morgan fingerprint density at radius 2 is 1.97 bits per heavy atom. The molecular formula is C30H32ClN5O3. The van der Waals surface area contributed by atoms with Crippen molar-refractivity contribution >= 4 is 29.4 Å². The van der Waals surface area contributed by atoms with E-state index in [-0.39, 0.29) is 30.3 Å². The van der Waals surface area contributed by atoms with Gasteiger partial charge in [-0.05, 0) is 47.9 Å². The number of anilines is 1. The van der Waals surface area contributed by atoms with Gasteiger partial charge in [-0.15, -0.1) is 0 Å². The first kappa shape index (κ1) is 25.8.